The van der Waals surface area contributed by atoms with Crippen molar-refractivity contribution in [3.8, 4) is 11.1 Å². The van der Waals surface area contributed by atoms with Gasteiger partial charge in [-0.3, -0.25) is 4.68 Å². The van der Waals surface area contributed by atoms with E-state index < -0.39 is 11.6 Å². The Morgan fingerprint density at radius 3 is 2.72 bits per heavy atom. The second-order valence-corrected chi connectivity index (χ2v) is 4.19. The van der Waals surface area contributed by atoms with E-state index >= 15 is 0 Å². The van der Waals surface area contributed by atoms with E-state index in [1.807, 2.05) is 0 Å². The van der Waals surface area contributed by atoms with E-state index in [0.29, 0.717) is 17.8 Å². The van der Waals surface area contributed by atoms with E-state index in [4.69, 9.17) is 0 Å². The highest BCUT2D eigenvalue weighted by Crippen LogP contribution is 2.29. The average molecular weight is 251 g/mol. The Morgan fingerprint density at radius 2 is 2.06 bits per heavy atom. The molecule has 0 spiro atoms. The fourth-order valence-electron chi connectivity index (χ4n) is 2.12. The van der Waals surface area contributed by atoms with Gasteiger partial charge < -0.3 is 5.32 Å². The summed E-state index contributed by atoms with van der Waals surface area (Å²) in [6.07, 6.45) is 0. The van der Waals surface area contributed by atoms with Crippen LogP contribution in [-0.2, 0) is 13.6 Å². The van der Waals surface area contributed by atoms with Gasteiger partial charge in [0.25, 0.3) is 0 Å². The van der Waals surface area contributed by atoms with Gasteiger partial charge in [-0.15, -0.1) is 0 Å². The highest BCUT2D eigenvalue weighted by Gasteiger charge is 2.18. The molecule has 0 atom stereocenters. The summed E-state index contributed by atoms with van der Waals surface area (Å²) in [7, 11) is 3.59. The zero-order valence-corrected chi connectivity index (χ0v) is 10.6. The Bertz CT molecular complexity index is 576. The predicted octanol–water partition coefficient (Wildman–Crippen LogP) is 2.39. The maximum absolute atomic E-state index is 13.8. The van der Waals surface area contributed by atoms with Crippen molar-refractivity contribution in [1.29, 1.82) is 0 Å². The predicted molar refractivity (Wildman–Crippen MR) is 66.1 cm³/mol. The largest absolute Gasteiger partial charge is 0.314 e. The molecule has 0 aliphatic rings. The van der Waals surface area contributed by atoms with Gasteiger partial charge in [0.2, 0.25) is 0 Å². The summed E-state index contributed by atoms with van der Waals surface area (Å²) >= 11 is 0. The van der Waals surface area contributed by atoms with Crippen LogP contribution in [0, 0.1) is 18.6 Å². The molecule has 5 heteroatoms. The van der Waals surface area contributed by atoms with E-state index in [-0.39, 0.29) is 5.56 Å². The topological polar surface area (TPSA) is 29.9 Å². The first-order chi connectivity index (χ1) is 8.54. The van der Waals surface area contributed by atoms with Gasteiger partial charge in [-0.1, -0.05) is 0 Å². The van der Waals surface area contributed by atoms with Crippen LogP contribution >= 0.6 is 0 Å². The van der Waals surface area contributed by atoms with E-state index in [1.54, 1.807) is 25.7 Å². The number of aromatic nitrogens is 2. The summed E-state index contributed by atoms with van der Waals surface area (Å²) in [5, 5.41) is 7.27. The van der Waals surface area contributed by atoms with Crippen LogP contribution in [0.4, 0.5) is 8.78 Å². The lowest BCUT2D eigenvalue weighted by Gasteiger charge is -2.07. The number of hydrogen-bond acceptors (Lipinski definition) is 2. The van der Waals surface area contributed by atoms with Crippen molar-refractivity contribution in [1.82, 2.24) is 15.1 Å². The third-order valence-corrected chi connectivity index (χ3v) is 2.88. The van der Waals surface area contributed by atoms with E-state index in [2.05, 4.69) is 10.4 Å². The molecule has 0 fully saturated rings. The number of halogens is 2. The number of nitrogens with one attached hydrogen (secondary N) is 1. The number of hydrogen-bond donors (Lipinski definition) is 1. The fraction of sp³-hybridized carbons (Fsp3) is 0.308. The molecule has 2 rings (SSSR count). The number of rotatable bonds is 3. The van der Waals surface area contributed by atoms with Crippen LogP contribution < -0.4 is 5.32 Å². The van der Waals surface area contributed by atoms with Crippen LogP contribution in [0.25, 0.3) is 11.1 Å². The minimum absolute atomic E-state index is 0.255. The molecule has 1 aromatic heterocycles. The van der Waals surface area contributed by atoms with Gasteiger partial charge >= 0.3 is 0 Å². The standard InChI is InChI=1S/C13H15F2N3/c1-8-13(12(7-16-2)18(3)17-8)10-6-9(14)4-5-11(10)15/h4-6,16H,7H2,1-3H3. The molecular formula is C13H15F2N3. The smallest absolute Gasteiger partial charge is 0.131 e. The molecule has 0 radical (unpaired) electrons. The molecule has 0 saturated heterocycles. The highest BCUT2D eigenvalue weighted by atomic mass is 19.1. The summed E-state index contributed by atoms with van der Waals surface area (Å²) in [5.74, 6) is -0.894. The zero-order valence-electron chi connectivity index (χ0n) is 10.6. The minimum atomic E-state index is -0.454. The van der Waals surface area contributed by atoms with Gasteiger partial charge in [-0.25, -0.2) is 8.78 Å². The van der Waals surface area contributed by atoms with Crippen LogP contribution in [-0.4, -0.2) is 16.8 Å². The molecule has 0 amide bonds. The Labute approximate surface area is 104 Å². The maximum atomic E-state index is 13.8. The molecule has 0 saturated carbocycles. The number of aryl methyl sites for hydroxylation is 2. The van der Waals surface area contributed by atoms with Gasteiger partial charge in [0.15, 0.2) is 0 Å². The summed E-state index contributed by atoms with van der Waals surface area (Å²) in [6.45, 7) is 2.33. The van der Waals surface area contributed by atoms with Gasteiger partial charge in [0.1, 0.15) is 11.6 Å². The van der Waals surface area contributed by atoms with Gasteiger partial charge in [-0.2, -0.15) is 5.10 Å². The molecule has 3 nitrogen and oxygen atoms in total. The molecule has 1 N–H and O–H groups in total. The molecular weight excluding hydrogens is 236 g/mol. The molecule has 1 heterocycles. The van der Waals surface area contributed by atoms with Crippen molar-refractivity contribution < 1.29 is 8.78 Å². The number of nitrogens with zero attached hydrogens (tertiary/aromatic N) is 2. The minimum Gasteiger partial charge on any atom is -0.314 e. The number of benzene rings is 1. The SMILES string of the molecule is CNCc1c(-c2cc(F)ccc2F)c(C)nn1C. The van der Waals surface area contributed by atoms with Crippen LogP contribution in [0.1, 0.15) is 11.4 Å². The van der Waals surface area contributed by atoms with Crippen molar-refractivity contribution in [2.45, 2.75) is 13.5 Å². The molecule has 96 valence electrons. The highest BCUT2D eigenvalue weighted by molar-refractivity contribution is 5.69. The van der Waals surface area contributed by atoms with Crippen molar-refractivity contribution in [3.63, 3.8) is 0 Å². The summed E-state index contributed by atoms with van der Waals surface area (Å²) < 4.78 is 28.8. The lowest BCUT2D eigenvalue weighted by molar-refractivity contribution is 0.602. The Morgan fingerprint density at radius 1 is 1.33 bits per heavy atom. The first-order valence-electron chi connectivity index (χ1n) is 5.67. The van der Waals surface area contributed by atoms with E-state index in [1.165, 1.54) is 6.07 Å². The normalized spacial score (nSPS) is 10.9. The lowest BCUT2D eigenvalue weighted by Crippen LogP contribution is -2.11. The molecule has 1 aromatic carbocycles. The third kappa shape index (κ3) is 2.13. The second-order valence-electron chi connectivity index (χ2n) is 4.19. The van der Waals surface area contributed by atoms with Crippen molar-refractivity contribution in [3.05, 3.63) is 41.2 Å². The van der Waals surface area contributed by atoms with Gasteiger partial charge in [0.05, 0.1) is 11.4 Å². The second kappa shape index (κ2) is 4.86. The van der Waals surface area contributed by atoms with E-state index in [9.17, 15) is 8.78 Å². The first kappa shape index (κ1) is 12.7. The Kier molecular flexibility index (Phi) is 3.43. The third-order valence-electron chi connectivity index (χ3n) is 2.88. The van der Waals surface area contributed by atoms with Crippen LogP contribution in [0.15, 0.2) is 18.2 Å². The molecule has 0 bridgehead atoms. The molecule has 0 aliphatic heterocycles. The van der Waals surface area contributed by atoms with Crippen LogP contribution in [0.3, 0.4) is 0 Å². The Balaban J connectivity index is 2.66. The van der Waals surface area contributed by atoms with E-state index in [0.717, 1.165) is 17.8 Å². The summed E-state index contributed by atoms with van der Waals surface area (Å²) in [6, 6.07) is 3.46. The lowest BCUT2D eigenvalue weighted by atomic mass is 10.0. The van der Waals surface area contributed by atoms with Gasteiger partial charge in [-0.05, 0) is 32.2 Å². The monoisotopic (exact) mass is 251 g/mol. The zero-order chi connectivity index (χ0) is 13.3. The summed E-state index contributed by atoms with van der Waals surface area (Å²) in [4.78, 5) is 0. The molecule has 2 aromatic rings. The molecule has 0 unspecified atom stereocenters. The van der Waals surface area contributed by atoms with Crippen molar-refractivity contribution in [2.75, 3.05) is 7.05 Å². The molecule has 0 aliphatic carbocycles. The van der Waals surface area contributed by atoms with Crippen molar-refractivity contribution >= 4 is 0 Å². The maximum Gasteiger partial charge on any atom is 0.131 e. The average Bonchev–Trinajstić information content (AvgIpc) is 2.58. The Hall–Kier alpha value is -1.75. The van der Waals surface area contributed by atoms with Crippen LogP contribution in [0.2, 0.25) is 0 Å². The van der Waals surface area contributed by atoms with Crippen molar-refractivity contribution in [2.24, 2.45) is 7.05 Å². The van der Waals surface area contributed by atoms with Gasteiger partial charge in [0, 0.05) is 24.7 Å². The quantitative estimate of drug-likeness (QED) is 0.907. The van der Waals surface area contributed by atoms with Crippen LogP contribution in [0.5, 0.6) is 0 Å². The molecule has 18 heavy (non-hydrogen) atoms. The first-order valence-corrected chi connectivity index (χ1v) is 5.67. The summed E-state index contributed by atoms with van der Waals surface area (Å²) in [5.41, 5.74) is 2.43. The fourth-order valence-corrected chi connectivity index (χ4v) is 2.12.